The molecule has 0 fully saturated rings. The van der Waals surface area contributed by atoms with Gasteiger partial charge >= 0.3 is 39.5 Å². The summed E-state index contributed by atoms with van der Waals surface area (Å²) >= 11 is 0. The predicted molar refractivity (Wildman–Crippen MR) is 451 cm³/mol. The summed E-state index contributed by atoms with van der Waals surface area (Å²) in [4.78, 5) is 73.3. The Hall–Kier alpha value is -1.94. The Bertz CT molecular complexity index is 2100. The highest BCUT2D eigenvalue weighted by Gasteiger charge is 2.31. The molecule has 0 aliphatic heterocycles. The Balaban J connectivity index is 5.20. The monoisotopic (exact) mass is 1590 g/mol. The van der Waals surface area contributed by atoms with E-state index >= 15 is 0 Å². The maximum Gasteiger partial charge on any atom is 0.472 e. The van der Waals surface area contributed by atoms with Gasteiger partial charge in [-0.15, -0.1) is 0 Å². The second-order valence-corrected chi connectivity index (χ2v) is 36.4. The first-order valence-corrected chi connectivity index (χ1v) is 49.4. The Labute approximate surface area is 670 Å². The van der Waals surface area contributed by atoms with Crippen molar-refractivity contribution in [1.82, 2.24) is 0 Å². The molecule has 0 spiro atoms. The Morgan fingerprint density at radius 3 is 0.697 bits per heavy atom. The molecule has 19 heteroatoms. The van der Waals surface area contributed by atoms with E-state index in [1.165, 1.54) is 289 Å². The van der Waals surface area contributed by atoms with Crippen molar-refractivity contribution in [2.45, 2.75) is 497 Å². The van der Waals surface area contributed by atoms with Crippen LogP contribution in [0.4, 0.5) is 0 Å². The zero-order chi connectivity index (χ0) is 80.0. The van der Waals surface area contributed by atoms with Crippen LogP contribution in [0.5, 0.6) is 0 Å². The zero-order valence-corrected chi connectivity index (χ0v) is 73.8. The molecule has 0 saturated heterocycles. The van der Waals surface area contributed by atoms with Gasteiger partial charge in [0.2, 0.25) is 0 Å². The van der Waals surface area contributed by atoms with E-state index in [4.69, 9.17) is 37.0 Å². The van der Waals surface area contributed by atoms with Crippen LogP contribution in [0, 0.1) is 17.8 Å². The summed E-state index contributed by atoms with van der Waals surface area (Å²) in [6.07, 6.45) is 72.3. The van der Waals surface area contributed by atoms with Crippen LogP contribution in [0.2, 0.25) is 0 Å². The maximum absolute atomic E-state index is 13.2. The van der Waals surface area contributed by atoms with Crippen molar-refractivity contribution >= 4 is 39.5 Å². The molecule has 0 amide bonds. The molecule has 3 N–H and O–H groups in total. The standard InChI is InChI=1S/C90H176O17P2/c1-8-10-11-12-13-40-50-57-64-71-87(92)100-77-85(106-89(94)74-67-60-53-46-39-33-27-26-29-35-42-48-55-62-69-82(5)6)79-104-108(96,97)102-75-84(91)76-103-109(98,99)105-80-86(78-101-88(93)72-65-58-51-44-37-31-24-20-16-14-18-22-28-34-41-47-54-61-68-81(3)4)107-90(95)73-66-59-52-45-38-32-25-21-17-15-19-23-30-36-43-49-56-63-70-83(7)9-2/h81-86,91H,8-80H2,1-7H3,(H,96,97)(H,98,99)/t83?,84-,85+,86+/m0/s1. The van der Waals surface area contributed by atoms with Crippen LogP contribution < -0.4 is 0 Å². The van der Waals surface area contributed by atoms with Crippen LogP contribution in [0.1, 0.15) is 479 Å². The lowest BCUT2D eigenvalue weighted by Gasteiger charge is -2.21. The fourth-order valence-corrected chi connectivity index (χ4v) is 15.6. The van der Waals surface area contributed by atoms with Gasteiger partial charge in [-0.05, 0) is 43.4 Å². The lowest BCUT2D eigenvalue weighted by Crippen LogP contribution is -2.30. The smallest absolute Gasteiger partial charge is 0.462 e. The number of carbonyl (C=O) groups is 4. The van der Waals surface area contributed by atoms with E-state index in [1.807, 2.05) is 0 Å². The molecule has 3 unspecified atom stereocenters. The van der Waals surface area contributed by atoms with Gasteiger partial charge in [-0.25, -0.2) is 9.13 Å². The van der Waals surface area contributed by atoms with E-state index < -0.39 is 97.5 Å². The number of ether oxygens (including phenoxy) is 4. The molecule has 0 rings (SSSR count). The summed E-state index contributed by atoms with van der Waals surface area (Å²) in [7, 11) is -9.93. The minimum Gasteiger partial charge on any atom is -0.462 e. The van der Waals surface area contributed by atoms with Crippen LogP contribution in [0.25, 0.3) is 0 Å². The van der Waals surface area contributed by atoms with Crippen molar-refractivity contribution in [3.63, 3.8) is 0 Å². The lowest BCUT2D eigenvalue weighted by atomic mass is 9.99. The van der Waals surface area contributed by atoms with Crippen LogP contribution >= 0.6 is 15.6 Å². The van der Waals surface area contributed by atoms with Gasteiger partial charge in [0.25, 0.3) is 0 Å². The number of phosphoric ester groups is 2. The Morgan fingerprint density at radius 1 is 0.266 bits per heavy atom. The number of aliphatic hydroxyl groups excluding tert-OH is 1. The van der Waals surface area contributed by atoms with Gasteiger partial charge in [0.05, 0.1) is 26.4 Å². The van der Waals surface area contributed by atoms with Gasteiger partial charge in [0.1, 0.15) is 19.3 Å². The number of phosphoric acid groups is 2. The number of esters is 4. The first-order chi connectivity index (χ1) is 52.8. The topological polar surface area (TPSA) is 237 Å². The number of aliphatic hydroxyl groups is 1. The zero-order valence-electron chi connectivity index (χ0n) is 72.0. The highest BCUT2D eigenvalue weighted by atomic mass is 31.2. The van der Waals surface area contributed by atoms with Crippen molar-refractivity contribution in [1.29, 1.82) is 0 Å². The van der Waals surface area contributed by atoms with E-state index in [1.54, 1.807) is 0 Å². The highest BCUT2D eigenvalue weighted by molar-refractivity contribution is 7.47. The molecule has 0 saturated carbocycles. The van der Waals surface area contributed by atoms with Crippen molar-refractivity contribution < 1.29 is 80.2 Å². The Morgan fingerprint density at radius 2 is 0.468 bits per heavy atom. The van der Waals surface area contributed by atoms with Gasteiger partial charge in [-0.1, -0.05) is 427 Å². The molecule has 0 aromatic heterocycles. The molecule has 0 aromatic rings. The normalized spacial score (nSPS) is 14.1. The number of carbonyl (C=O) groups excluding carboxylic acids is 4. The van der Waals surface area contributed by atoms with Gasteiger partial charge in [-0.2, -0.15) is 0 Å². The van der Waals surface area contributed by atoms with E-state index in [2.05, 4.69) is 48.5 Å². The average molecular weight is 1590 g/mol. The molecule has 0 aromatic carbocycles. The molecule has 0 bridgehead atoms. The van der Waals surface area contributed by atoms with E-state index in [0.717, 1.165) is 108 Å². The SMILES string of the molecule is CCCCCCCCCCCC(=O)OC[C@H](COP(=O)(O)OC[C@H](O)COP(=O)(O)OC[C@@H](COC(=O)CCCCCCCCCCCCCCCCCCCCC(C)C)OC(=O)CCCCCCCCCCCCCCCCCCCCC(C)CC)OC(=O)CCCCCCCCCCCCCCCCC(C)C. The summed E-state index contributed by atoms with van der Waals surface area (Å²) in [5.74, 6) is 0.389. The molecule has 109 heavy (non-hydrogen) atoms. The van der Waals surface area contributed by atoms with E-state index in [9.17, 15) is 43.2 Å². The molecule has 17 nitrogen and oxygen atoms in total. The second kappa shape index (κ2) is 79.9. The molecular formula is C90H176O17P2. The van der Waals surface area contributed by atoms with Crippen molar-refractivity contribution in [3.8, 4) is 0 Å². The first-order valence-electron chi connectivity index (χ1n) is 46.4. The predicted octanol–water partition coefficient (Wildman–Crippen LogP) is 27.6. The molecule has 6 atom stereocenters. The lowest BCUT2D eigenvalue weighted by molar-refractivity contribution is -0.161. The Kier molecular flexibility index (Phi) is 78.5. The van der Waals surface area contributed by atoms with Gasteiger partial charge in [-0.3, -0.25) is 37.3 Å². The van der Waals surface area contributed by atoms with E-state index in [0.29, 0.717) is 25.7 Å². The second-order valence-electron chi connectivity index (χ2n) is 33.5. The summed E-state index contributed by atoms with van der Waals surface area (Å²) < 4.78 is 69.0. The summed E-state index contributed by atoms with van der Waals surface area (Å²) in [6, 6.07) is 0. The fourth-order valence-electron chi connectivity index (χ4n) is 14.0. The number of unbranched alkanes of at least 4 members (excludes halogenated alkanes) is 55. The van der Waals surface area contributed by atoms with Crippen LogP contribution in [0.3, 0.4) is 0 Å². The van der Waals surface area contributed by atoms with Crippen LogP contribution in [-0.2, 0) is 65.4 Å². The average Bonchev–Trinajstić information content (AvgIpc) is 0.899. The van der Waals surface area contributed by atoms with Crippen LogP contribution in [0.15, 0.2) is 0 Å². The molecular weight excluding hydrogens is 1410 g/mol. The molecule has 0 radical (unpaired) electrons. The molecule has 0 aliphatic rings. The van der Waals surface area contributed by atoms with Crippen molar-refractivity contribution in [2.75, 3.05) is 39.6 Å². The van der Waals surface area contributed by atoms with Gasteiger partial charge < -0.3 is 33.8 Å². The fraction of sp³-hybridized carbons (Fsp3) is 0.956. The molecule has 0 heterocycles. The molecule has 648 valence electrons. The van der Waals surface area contributed by atoms with E-state index in [-0.39, 0.29) is 25.7 Å². The minimum absolute atomic E-state index is 0.108. The third kappa shape index (κ3) is 82.4. The maximum atomic E-state index is 13.2. The summed E-state index contributed by atoms with van der Waals surface area (Å²) in [6.45, 7) is 12.1. The van der Waals surface area contributed by atoms with Crippen LogP contribution in [-0.4, -0.2) is 96.7 Å². The minimum atomic E-state index is -4.97. The summed E-state index contributed by atoms with van der Waals surface area (Å²) in [5.41, 5.74) is 0. The number of hydrogen-bond acceptors (Lipinski definition) is 15. The number of hydrogen-bond donors (Lipinski definition) is 3. The third-order valence-corrected chi connectivity index (χ3v) is 23.4. The first kappa shape index (κ1) is 107. The highest BCUT2D eigenvalue weighted by Crippen LogP contribution is 2.45. The number of rotatable bonds is 88. The van der Waals surface area contributed by atoms with Gasteiger partial charge in [0.15, 0.2) is 12.2 Å². The van der Waals surface area contributed by atoms with Crippen molar-refractivity contribution in [2.24, 2.45) is 17.8 Å². The van der Waals surface area contributed by atoms with Gasteiger partial charge in [0, 0.05) is 25.7 Å². The quantitative estimate of drug-likeness (QED) is 0.0222. The third-order valence-electron chi connectivity index (χ3n) is 21.5. The summed E-state index contributed by atoms with van der Waals surface area (Å²) in [5, 5.41) is 10.7. The van der Waals surface area contributed by atoms with Crippen molar-refractivity contribution in [3.05, 3.63) is 0 Å². The molecule has 0 aliphatic carbocycles. The largest absolute Gasteiger partial charge is 0.472 e.